The van der Waals surface area contributed by atoms with E-state index in [0.717, 1.165) is 21.7 Å². The van der Waals surface area contributed by atoms with Crippen LogP contribution in [0.1, 0.15) is 33.2 Å². The highest BCUT2D eigenvalue weighted by Gasteiger charge is 2.38. The number of rotatable bonds is 4. The van der Waals surface area contributed by atoms with Crippen molar-refractivity contribution >= 4 is 44.4 Å². The molecule has 1 unspecified atom stereocenters. The summed E-state index contributed by atoms with van der Waals surface area (Å²) < 4.78 is 8.31. The van der Waals surface area contributed by atoms with E-state index >= 15 is 0 Å². The number of hydrogen-bond donors (Lipinski definition) is 0. The van der Waals surface area contributed by atoms with Gasteiger partial charge in [0.05, 0.1) is 22.7 Å². The molecule has 0 spiro atoms. The number of aryl methyl sites for hydroxylation is 2. The van der Waals surface area contributed by atoms with E-state index in [1.807, 2.05) is 31.5 Å². The monoisotopic (exact) mass is 449 g/mol. The third kappa shape index (κ3) is 2.85. The van der Waals surface area contributed by atoms with Crippen molar-refractivity contribution < 1.29 is 14.3 Å². The first-order valence-corrected chi connectivity index (χ1v) is 11.3. The van der Waals surface area contributed by atoms with Crippen molar-refractivity contribution in [1.29, 1.82) is 0 Å². The molecule has 6 nitrogen and oxygen atoms in total. The Morgan fingerprint density at radius 3 is 2.41 bits per heavy atom. The zero-order chi connectivity index (χ0) is 23.6. The van der Waals surface area contributed by atoms with Crippen LogP contribution in [0.5, 0.6) is 5.75 Å². The van der Waals surface area contributed by atoms with E-state index in [1.54, 1.807) is 24.3 Å². The number of pyridine rings is 1. The van der Waals surface area contributed by atoms with Gasteiger partial charge in [0.25, 0.3) is 11.8 Å². The summed E-state index contributed by atoms with van der Waals surface area (Å²) in [6, 6.07) is 16.8. The lowest BCUT2D eigenvalue weighted by Gasteiger charge is -2.22. The zero-order valence-electron chi connectivity index (χ0n) is 19.2. The van der Waals surface area contributed by atoms with Gasteiger partial charge in [0, 0.05) is 41.1 Å². The van der Waals surface area contributed by atoms with E-state index in [2.05, 4.69) is 41.7 Å². The minimum absolute atomic E-state index is 0.216. The minimum Gasteiger partial charge on any atom is -0.491 e. The lowest BCUT2D eigenvalue weighted by molar-refractivity contribution is 0.0551. The second-order valence-electron chi connectivity index (χ2n) is 8.92. The Bertz CT molecular complexity index is 1610. The van der Waals surface area contributed by atoms with Crippen LogP contribution in [0.4, 0.5) is 0 Å². The van der Waals surface area contributed by atoms with Gasteiger partial charge in [-0.2, -0.15) is 0 Å². The third-order valence-electron chi connectivity index (χ3n) is 6.88. The Balaban J connectivity index is 1.33. The van der Waals surface area contributed by atoms with Crippen LogP contribution in [0.3, 0.4) is 0 Å². The van der Waals surface area contributed by atoms with E-state index in [1.165, 1.54) is 21.4 Å². The number of ether oxygens (including phenoxy) is 1. The lowest BCUT2D eigenvalue weighted by Crippen LogP contribution is -2.41. The minimum atomic E-state index is -0.395. The molecule has 0 radical (unpaired) electrons. The van der Waals surface area contributed by atoms with Crippen molar-refractivity contribution in [1.82, 2.24) is 14.5 Å². The lowest BCUT2D eigenvalue weighted by atomic mass is 10.0. The molecule has 168 valence electrons. The maximum Gasteiger partial charge on any atom is 0.261 e. The third-order valence-corrected chi connectivity index (χ3v) is 6.88. The van der Waals surface area contributed by atoms with Gasteiger partial charge in [0.15, 0.2) is 0 Å². The Morgan fingerprint density at radius 1 is 0.941 bits per heavy atom. The van der Waals surface area contributed by atoms with Crippen LogP contribution in [0, 0.1) is 6.92 Å². The molecular formula is C28H23N3O3. The summed E-state index contributed by atoms with van der Waals surface area (Å²) in [6.45, 7) is 4.19. The second-order valence-corrected chi connectivity index (χ2v) is 8.92. The van der Waals surface area contributed by atoms with Crippen molar-refractivity contribution in [2.45, 2.75) is 19.9 Å². The summed E-state index contributed by atoms with van der Waals surface area (Å²) in [5.41, 5.74) is 4.42. The SMILES string of the molecule is Cc1c2ccncc2cc2c3cc(OCC(C)N4C(=O)c5ccccc5C4=O)ccc3n(C)c12. The number of amides is 2. The molecule has 3 aromatic carbocycles. The molecule has 6 heteroatoms. The second kappa shape index (κ2) is 7.42. The molecule has 1 atom stereocenters. The molecule has 3 heterocycles. The summed E-state index contributed by atoms with van der Waals surface area (Å²) in [6.07, 6.45) is 3.72. The van der Waals surface area contributed by atoms with E-state index in [9.17, 15) is 9.59 Å². The molecule has 5 aromatic rings. The van der Waals surface area contributed by atoms with Crippen LogP contribution in [-0.2, 0) is 7.05 Å². The average molecular weight is 450 g/mol. The van der Waals surface area contributed by atoms with E-state index in [0.29, 0.717) is 16.9 Å². The van der Waals surface area contributed by atoms with Gasteiger partial charge in [0.2, 0.25) is 0 Å². The van der Waals surface area contributed by atoms with E-state index < -0.39 is 6.04 Å². The fraction of sp³-hybridized carbons (Fsp3) is 0.179. The highest BCUT2D eigenvalue weighted by atomic mass is 16.5. The Kier molecular flexibility index (Phi) is 4.45. The molecule has 0 bridgehead atoms. The van der Waals surface area contributed by atoms with Gasteiger partial charge in [-0.25, -0.2) is 0 Å². The van der Waals surface area contributed by atoms with Crippen molar-refractivity contribution in [3.05, 3.63) is 83.7 Å². The van der Waals surface area contributed by atoms with Crippen molar-refractivity contribution in [2.24, 2.45) is 7.05 Å². The molecule has 6 rings (SSSR count). The predicted molar refractivity (Wildman–Crippen MR) is 132 cm³/mol. The molecule has 1 aliphatic rings. The fourth-order valence-electron chi connectivity index (χ4n) is 5.19. The summed E-state index contributed by atoms with van der Waals surface area (Å²) in [5, 5.41) is 4.54. The van der Waals surface area contributed by atoms with Crippen molar-refractivity contribution in [2.75, 3.05) is 6.61 Å². The molecule has 0 N–H and O–H groups in total. The van der Waals surface area contributed by atoms with Crippen LogP contribution in [-0.4, -0.2) is 38.9 Å². The smallest absolute Gasteiger partial charge is 0.261 e. The summed E-state index contributed by atoms with van der Waals surface area (Å²) in [4.78, 5) is 31.1. The number of benzene rings is 3. The Morgan fingerprint density at radius 2 is 1.68 bits per heavy atom. The normalized spacial score (nSPS) is 14.4. The number of imide groups is 1. The summed E-state index contributed by atoms with van der Waals surface area (Å²) in [7, 11) is 2.08. The largest absolute Gasteiger partial charge is 0.491 e. The number of aromatic nitrogens is 2. The molecule has 0 fully saturated rings. The molecule has 1 aliphatic heterocycles. The molecule has 0 aliphatic carbocycles. The number of hydrogen-bond acceptors (Lipinski definition) is 4. The van der Waals surface area contributed by atoms with Crippen LogP contribution in [0.2, 0.25) is 0 Å². The zero-order valence-corrected chi connectivity index (χ0v) is 19.2. The Hall–Kier alpha value is -4.19. The van der Waals surface area contributed by atoms with Gasteiger partial charge in [-0.1, -0.05) is 12.1 Å². The van der Waals surface area contributed by atoms with Crippen LogP contribution in [0.15, 0.2) is 67.0 Å². The first kappa shape index (κ1) is 20.4. The van der Waals surface area contributed by atoms with Gasteiger partial charge < -0.3 is 9.30 Å². The molecule has 0 saturated carbocycles. The van der Waals surface area contributed by atoms with Gasteiger partial charge in [-0.05, 0) is 67.3 Å². The maximum absolute atomic E-state index is 12.8. The Labute approximate surface area is 196 Å². The number of fused-ring (bicyclic) bond motifs is 5. The van der Waals surface area contributed by atoms with Gasteiger partial charge >= 0.3 is 0 Å². The van der Waals surface area contributed by atoms with Crippen LogP contribution in [0.25, 0.3) is 32.6 Å². The number of carbonyl (C=O) groups excluding carboxylic acids is 2. The molecule has 34 heavy (non-hydrogen) atoms. The fourth-order valence-corrected chi connectivity index (χ4v) is 5.19. The standard InChI is InChI=1S/C28H23N3O3/c1-16(31-27(32)21-6-4-5-7-22(21)28(31)33)15-34-19-8-9-25-23(13-19)24-12-18-14-29-11-10-20(18)17(2)26(24)30(25)3/h4-14,16H,15H2,1-3H3. The summed E-state index contributed by atoms with van der Waals surface area (Å²) >= 11 is 0. The van der Waals surface area contributed by atoms with Gasteiger partial charge in [-0.15, -0.1) is 0 Å². The van der Waals surface area contributed by atoms with Crippen molar-refractivity contribution in [3.63, 3.8) is 0 Å². The van der Waals surface area contributed by atoms with Crippen LogP contribution < -0.4 is 4.74 Å². The van der Waals surface area contributed by atoms with Gasteiger partial charge in [-0.3, -0.25) is 19.5 Å². The van der Waals surface area contributed by atoms with E-state index in [4.69, 9.17) is 4.74 Å². The maximum atomic E-state index is 12.8. The number of nitrogens with zero attached hydrogens (tertiary/aromatic N) is 3. The highest BCUT2D eigenvalue weighted by molar-refractivity contribution is 6.21. The molecule has 2 amide bonds. The van der Waals surface area contributed by atoms with Crippen molar-refractivity contribution in [3.8, 4) is 5.75 Å². The molecule has 0 saturated heterocycles. The van der Waals surface area contributed by atoms with Gasteiger partial charge in [0.1, 0.15) is 12.4 Å². The number of carbonyl (C=O) groups is 2. The highest BCUT2D eigenvalue weighted by Crippen LogP contribution is 2.36. The molecular weight excluding hydrogens is 426 g/mol. The molecule has 2 aromatic heterocycles. The first-order valence-electron chi connectivity index (χ1n) is 11.3. The van der Waals surface area contributed by atoms with E-state index in [-0.39, 0.29) is 18.4 Å². The quantitative estimate of drug-likeness (QED) is 0.352. The topological polar surface area (TPSA) is 64.4 Å². The van der Waals surface area contributed by atoms with Crippen LogP contribution >= 0.6 is 0 Å². The summed E-state index contributed by atoms with van der Waals surface area (Å²) in [5.74, 6) is 0.168. The predicted octanol–water partition coefficient (Wildman–Crippen LogP) is 5.25. The first-order chi connectivity index (χ1) is 16.5. The average Bonchev–Trinajstić information content (AvgIpc) is 3.28.